The van der Waals surface area contributed by atoms with Crippen LogP contribution in [0.5, 0.6) is 0 Å². The standard InChI is InChI=1S/C25H25N3O2/c1-18-16-26-13-12-20(18)17-27-23(29)15-25(14-19-8-4-3-5-9-19)21-10-6-7-11-22(21)28(2)24(25)30/h3-13,16H,14-15,17H2,1-2H3,(H,27,29)/t25-/m0/s1. The van der Waals surface area contributed by atoms with Crippen molar-refractivity contribution in [3.05, 3.63) is 95.3 Å². The highest BCUT2D eigenvalue weighted by Gasteiger charge is 2.50. The predicted octanol–water partition coefficient (Wildman–Crippen LogP) is 3.55. The number of nitrogens with one attached hydrogen (secondary N) is 1. The van der Waals surface area contributed by atoms with Crippen LogP contribution in [0.15, 0.2) is 73.1 Å². The molecule has 1 aliphatic heterocycles. The lowest BCUT2D eigenvalue weighted by Crippen LogP contribution is -2.44. The second-order valence-corrected chi connectivity index (χ2v) is 7.88. The Labute approximate surface area is 176 Å². The first-order valence-electron chi connectivity index (χ1n) is 10.1. The highest BCUT2D eigenvalue weighted by molar-refractivity contribution is 6.09. The Kier molecular flexibility index (Phi) is 5.36. The molecule has 0 aliphatic carbocycles. The van der Waals surface area contributed by atoms with Crippen molar-refractivity contribution in [3.63, 3.8) is 0 Å². The van der Waals surface area contributed by atoms with E-state index in [2.05, 4.69) is 10.3 Å². The van der Waals surface area contributed by atoms with Crippen LogP contribution in [0.1, 0.15) is 28.7 Å². The highest BCUT2D eigenvalue weighted by atomic mass is 16.2. The number of hydrogen-bond acceptors (Lipinski definition) is 3. The molecule has 3 aromatic rings. The van der Waals surface area contributed by atoms with E-state index < -0.39 is 5.41 Å². The molecule has 152 valence electrons. The van der Waals surface area contributed by atoms with Gasteiger partial charge in [0.15, 0.2) is 0 Å². The van der Waals surface area contributed by atoms with Crippen molar-refractivity contribution in [1.29, 1.82) is 0 Å². The SMILES string of the molecule is Cc1cnccc1CNC(=O)C[C@]1(Cc2ccccc2)C(=O)N(C)c2ccccc21. The zero-order valence-corrected chi connectivity index (χ0v) is 17.3. The van der Waals surface area contributed by atoms with Crippen LogP contribution >= 0.6 is 0 Å². The van der Waals surface area contributed by atoms with Crippen molar-refractivity contribution in [2.24, 2.45) is 0 Å². The van der Waals surface area contributed by atoms with Gasteiger partial charge in [-0.3, -0.25) is 14.6 Å². The highest BCUT2D eigenvalue weighted by Crippen LogP contribution is 2.45. The van der Waals surface area contributed by atoms with Gasteiger partial charge in [-0.15, -0.1) is 0 Å². The third-order valence-corrected chi connectivity index (χ3v) is 5.92. The molecule has 1 aliphatic rings. The molecule has 1 atom stereocenters. The van der Waals surface area contributed by atoms with Crippen LogP contribution in [0.4, 0.5) is 5.69 Å². The minimum atomic E-state index is -0.913. The monoisotopic (exact) mass is 399 g/mol. The average Bonchev–Trinajstić information content (AvgIpc) is 2.96. The molecule has 5 heteroatoms. The second-order valence-electron chi connectivity index (χ2n) is 7.88. The molecule has 2 heterocycles. The number of aryl methyl sites for hydroxylation is 1. The molecular weight excluding hydrogens is 374 g/mol. The lowest BCUT2D eigenvalue weighted by atomic mass is 9.73. The van der Waals surface area contributed by atoms with E-state index in [0.29, 0.717) is 13.0 Å². The predicted molar refractivity (Wildman–Crippen MR) is 117 cm³/mol. The van der Waals surface area contributed by atoms with E-state index in [1.54, 1.807) is 24.3 Å². The Morgan fingerprint density at radius 3 is 2.57 bits per heavy atom. The Morgan fingerprint density at radius 2 is 1.80 bits per heavy atom. The molecule has 0 radical (unpaired) electrons. The first-order valence-corrected chi connectivity index (χ1v) is 10.1. The molecule has 0 unspecified atom stereocenters. The molecule has 2 amide bonds. The van der Waals surface area contributed by atoms with Gasteiger partial charge in [0.2, 0.25) is 11.8 Å². The van der Waals surface area contributed by atoms with Gasteiger partial charge in [0.1, 0.15) is 0 Å². The number of anilines is 1. The largest absolute Gasteiger partial charge is 0.352 e. The summed E-state index contributed by atoms with van der Waals surface area (Å²) in [5.74, 6) is -0.177. The maximum Gasteiger partial charge on any atom is 0.238 e. The zero-order chi connectivity index (χ0) is 21.1. The van der Waals surface area contributed by atoms with E-state index >= 15 is 0 Å². The van der Waals surface area contributed by atoms with Gasteiger partial charge in [-0.25, -0.2) is 0 Å². The topological polar surface area (TPSA) is 62.3 Å². The lowest BCUT2D eigenvalue weighted by molar-refractivity contribution is -0.129. The Hall–Kier alpha value is -3.47. The first-order chi connectivity index (χ1) is 14.5. The van der Waals surface area contributed by atoms with E-state index in [0.717, 1.165) is 27.9 Å². The van der Waals surface area contributed by atoms with Gasteiger partial charge in [0.05, 0.1) is 5.41 Å². The van der Waals surface area contributed by atoms with Crippen molar-refractivity contribution in [1.82, 2.24) is 10.3 Å². The van der Waals surface area contributed by atoms with E-state index in [1.807, 2.05) is 67.6 Å². The minimum Gasteiger partial charge on any atom is -0.352 e. The Morgan fingerprint density at radius 1 is 1.07 bits per heavy atom. The van der Waals surface area contributed by atoms with Gasteiger partial charge in [-0.1, -0.05) is 48.5 Å². The normalized spacial score (nSPS) is 17.7. The lowest BCUT2D eigenvalue weighted by Gasteiger charge is -2.28. The number of hydrogen-bond donors (Lipinski definition) is 1. The number of para-hydroxylation sites is 1. The van der Waals surface area contributed by atoms with Crippen molar-refractivity contribution in [3.8, 4) is 0 Å². The van der Waals surface area contributed by atoms with E-state index in [1.165, 1.54) is 0 Å². The van der Waals surface area contributed by atoms with Gasteiger partial charge >= 0.3 is 0 Å². The molecule has 5 nitrogen and oxygen atoms in total. The van der Waals surface area contributed by atoms with Crippen molar-refractivity contribution in [2.75, 3.05) is 11.9 Å². The Bertz CT molecular complexity index is 1080. The number of pyridine rings is 1. The summed E-state index contributed by atoms with van der Waals surface area (Å²) in [5, 5.41) is 3.01. The van der Waals surface area contributed by atoms with Gasteiger partial charge in [0, 0.05) is 38.1 Å². The Balaban J connectivity index is 1.64. The molecular formula is C25H25N3O2. The second kappa shape index (κ2) is 8.11. The summed E-state index contributed by atoms with van der Waals surface area (Å²) in [6.07, 6.45) is 4.09. The number of aromatic nitrogens is 1. The van der Waals surface area contributed by atoms with E-state index in [9.17, 15) is 9.59 Å². The average molecular weight is 399 g/mol. The summed E-state index contributed by atoms with van der Waals surface area (Å²) in [7, 11) is 1.78. The van der Waals surface area contributed by atoms with Crippen LogP contribution in [0.25, 0.3) is 0 Å². The number of carbonyl (C=O) groups excluding carboxylic acids is 2. The summed E-state index contributed by atoms with van der Waals surface area (Å²) in [6, 6.07) is 19.6. The van der Waals surface area contributed by atoms with Crippen LogP contribution < -0.4 is 10.2 Å². The number of rotatable bonds is 6. The molecule has 1 aromatic heterocycles. The summed E-state index contributed by atoms with van der Waals surface area (Å²) in [6.45, 7) is 2.39. The minimum absolute atomic E-state index is 0.0391. The van der Waals surface area contributed by atoms with Crippen LogP contribution in [0.3, 0.4) is 0 Å². The van der Waals surface area contributed by atoms with Crippen LogP contribution in [-0.2, 0) is 28.0 Å². The zero-order valence-electron chi connectivity index (χ0n) is 17.3. The van der Waals surface area contributed by atoms with Gasteiger partial charge < -0.3 is 10.2 Å². The van der Waals surface area contributed by atoms with E-state index in [4.69, 9.17) is 0 Å². The number of benzene rings is 2. The quantitative estimate of drug-likeness (QED) is 0.689. The van der Waals surface area contributed by atoms with Crippen LogP contribution in [0.2, 0.25) is 0 Å². The van der Waals surface area contributed by atoms with Crippen LogP contribution in [0, 0.1) is 6.92 Å². The smallest absolute Gasteiger partial charge is 0.238 e. The number of likely N-dealkylation sites (N-methyl/N-ethyl adjacent to an activating group) is 1. The van der Waals surface area contributed by atoms with Crippen molar-refractivity contribution < 1.29 is 9.59 Å². The van der Waals surface area contributed by atoms with Crippen molar-refractivity contribution >= 4 is 17.5 Å². The molecule has 4 rings (SSSR count). The molecule has 0 saturated heterocycles. The summed E-state index contributed by atoms with van der Waals surface area (Å²) in [4.78, 5) is 32.3. The maximum atomic E-state index is 13.5. The summed E-state index contributed by atoms with van der Waals surface area (Å²) >= 11 is 0. The molecule has 0 spiro atoms. The van der Waals surface area contributed by atoms with Crippen molar-refractivity contribution in [2.45, 2.75) is 31.7 Å². The summed E-state index contributed by atoms with van der Waals surface area (Å²) < 4.78 is 0. The van der Waals surface area contributed by atoms with E-state index in [-0.39, 0.29) is 18.2 Å². The van der Waals surface area contributed by atoms with Gasteiger partial charge in [-0.2, -0.15) is 0 Å². The number of nitrogens with zero attached hydrogens (tertiary/aromatic N) is 2. The number of carbonyl (C=O) groups is 2. The maximum absolute atomic E-state index is 13.5. The third-order valence-electron chi connectivity index (χ3n) is 5.92. The van der Waals surface area contributed by atoms with Gasteiger partial charge in [0.25, 0.3) is 0 Å². The molecule has 1 N–H and O–H groups in total. The molecule has 0 bridgehead atoms. The third kappa shape index (κ3) is 3.59. The van der Waals surface area contributed by atoms with Crippen LogP contribution in [-0.4, -0.2) is 23.8 Å². The molecule has 0 saturated carbocycles. The number of amides is 2. The van der Waals surface area contributed by atoms with Gasteiger partial charge in [-0.05, 0) is 47.7 Å². The summed E-state index contributed by atoms with van der Waals surface area (Å²) in [5.41, 5.74) is 3.95. The first kappa shape index (κ1) is 19.8. The fraction of sp³-hybridized carbons (Fsp3) is 0.240. The fourth-order valence-corrected chi connectivity index (χ4v) is 4.30. The fourth-order valence-electron chi connectivity index (χ4n) is 4.30. The molecule has 30 heavy (non-hydrogen) atoms. The number of fused-ring (bicyclic) bond motifs is 1. The molecule has 2 aromatic carbocycles. The molecule has 0 fully saturated rings.